The van der Waals surface area contributed by atoms with E-state index in [1.165, 1.54) is 28.5 Å². The zero-order valence-corrected chi connectivity index (χ0v) is 10.8. The van der Waals surface area contributed by atoms with E-state index in [-0.39, 0.29) is 0 Å². The maximum Gasteiger partial charge on any atom is 0.101 e. The van der Waals surface area contributed by atoms with Gasteiger partial charge in [-0.05, 0) is 47.6 Å². The molecule has 0 aromatic heterocycles. The molecule has 1 aliphatic rings. The van der Waals surface area contributed by atoms with E-state index in [2.05, 4.69) is 57.2 Å². The van der Waals surface area contributed by atoms with Crippen LogP contribution in [-0.2, 0) is 0 Å². The first-order valence-corrected chi connectivity index (χ1v) is 6.49. The van der Waals surface area contributed by atoms with Gasteiger partial charge in [0.25, 0.3) is 0 Å². The monoisotopic (exact) mass is 314 g/mol. The molecule has 2 rings (SSSR count). The van der Waals surface area contributed by atoms with Gasteiger partial charge in [0.15, 0.2) is 0 Å². The summed E-state index contributed by atoms with van der Waals surface area (Å²) in [7, 11) is 0. The molecular formula is C12H15IN2. The second kappa shape index (κ2) is 5.49. The fourth-order valence-electron chi connectivity index (χ4n) is 1.69. The quantitative estimate of drug-likeness (QED) is 0.786. The molecule has 0 saturated heterocycles. The highest BCUT2D eigenvalue weighted by molar-refractivity contribution is 14.1. The number of anilines is 1. The van der Waals surface area contributed by atoms with E-state index >= 15 is 0 Å². The van der Waals surface area contributed by atoms with Crippen molar-refractivity contribution >= 4 is 34.1 Å². The van der Waals surface area contributed by atoms with Gasteiger partial charge in [0.2, 0.25) is 0 Å². The van der Waals surface area contributed by atoms with Gasteiger partial charge in [0.1, 0.15) is 5.84 Å². The highest BCUT2D eigenvalue weighted by atomic mass is 127. The minimum absolute atomic E-state index is 0.978. The van der Waals surface area contributed by atoms with Crippen LogP contribution in [-0.4, -0.2) is 12.4 Å². The van der Waals surface area contributed by atoms with Crippen molar-refractivity contribution in [2.45, 2.75) is 25.7 Å². The van der Waals surface area contributed by atoms with Crippen molar-refractivity contribution in [3.05, 3.63) is 27.8 Å². The first-order chi connectivity index (χ1) is 7.36. The van der Waals surface area contributed by atoms with Crippen molar-refractivity contribution in [3.63, 3.8) is 0 Å². The molecular weight excluding hydrogens is 299 g/mol. The van der Waals surface area contributed by atoms with E-state index < -0.39 is 0 Å². The molecule has 0 unspecified atom stereocenters. The Morgan fingerprint density at radius 2 is 2.00 bits per heavy atom. The van der Waals surface area contributed by atoms with E-state index in [0.717, 1.165) is 18.8 Å². The number of amidine groups is 1. The van der Waals surface area contributed by atoms with E-state index in [1.54, 1.807) is 0 Å². The molecule has 1 aliphatic heterocycles. The standard InChI is InChI=1S/C12H15IN2/c13-10-6-3-4-7-11(10)15-12-8-2-1-5-9-14-12/h3-4,6-7H,1-2,5,8-9H2,(H,14,15). The minimum Gasteiger partial charge on any atom is -0.343 e. The predicted octanol–water partition coefficient (Wildman–Crippen LogP) is 3.68. The molecule has 1 N–H and O–H groups in total. The lowest BCUT2D eigenvalue weighted by Crippen LogP contribution is -2.12. The number of para-hydroxylation sites is 1. The van der Waals surface area contributed by atoms with Crippen LogP contribution in [0.25, 0.3) is 0 Å². The number of rotatable bonds is 1. The van der Waals surface area contributed by atoms with Crippen molar-refractivity contribution in [2.24, 2.45) is 4.99 Å². The smallest absolute Gasteiger partial charge is 0.101 e. The summed E-state index contributed by atoms with van der Waals surface area (Å²) in [5.41, 5.74) is 1.18. The summed E-state index contributed by atoms with van der Waals surface area (Å²) in [6, 6.07) is 8.33. The van der Waals surface area contributed by atoms with E-state index in [0.29, 0.717) is 0 Å². The maximum atomic E-state index is 4.56. The number of hydrogen-bond acceptors (Lipinski definition) is 2. The van der Waals surface area contributed by atoms with E-state index in [4.69, 9.17) is 0 Å². The molecule has 2 nitrogen and oxygen atoms in total. The van der Waals surface area contributed by atoms with Crippen LogP contribution in [0.4, 0.5) is 5.69 Å². The lowest BCUT2D eigenvalue weighted by atomic mass is 10.2. The molecule has 1 heterocycles. The number of halogens is 1. The summed E-state index contributed by atoms with van der Waals surface area (Å²) in [4.78, 5) is 4.56. The maximum absolute atomic E-state index is 4.56. The average Bonchev–Trinajstić information content (AvgIpc) is 2.50. The van der Waals surface area contributed by atoms with Gasteiger partial charge in [0.05, 0.1) is 5.69 Å². The van der Waals surface area contributed by atoms with Crippen LogP contribution in [0.3, 0.4) is 0 Å². The first-order valence-electron chi connectivity index (χ1n) is 5.41. The SMILES string of the molecule is Ic1ccccc1NC1=NCCCCC1. The molecule has 15 heavy (non-hydrogen) atoms. The number of nitrogens with zero attached hydrogens (tertiary/aromatic N) is 1. The van der Waals surface area contributed by atoms with Crippen LogP contribution >= 0.6 is 22.6 Å². The zero-order valence-electron chi connectivity index (χ0n) is 8.67. The minimum atomic E-state index is 0.978. The van der Waals surface area contributed by atoms with Gasteiger partial charge in [-0.15, -0.1) is 0 Å². The normalized spacial score (nSPS) is 16.7. The molecule has 1 aromatic rings. The molecule has 0 bridgehead atoms. The van der Waals surface area contributed by atoms with Crippen LogP contribution in [0.2, 0.25) is 0 Å². The topological polar surface area (TPSA) is 24.4 Å². The molecule has 3 heteroatoms. The zero-order chi connectivity index (χ0) is 10.5. The van der Waals surface area contributed by atoms with E-state index in [1.807, 2.05) is 0 Å². The fraction of sp³-hybridized carbons (Fsp3) is 0.417. The van der Waals surface area contributed by atoms with Crippen molar-refractivity contribution in [2.75, 3.05) is 11.9 Å². The second-order valence-corrected chi connectivity index (χ2v) is 4.91. The number of nitrogens with one attached hydrogen (secondary N) is 1. The Hall–Kier alpha value is -0.580. The van der Waals surface area contributed by atoms with Gasteiger partial charge in [0, 0.05) is 16.5 Å². The van der Waals surface area contributed by atoms with Gasteiger partial charge in [-0.2, -0.15) is 0 Å². The summed E-state index contributed by atoms with van der Waals surface area (Å²) < 4.78 is 1.25. The number of aliphatic imine (C=N–C) groups is 1. The Morgan fingerprint density at radius 3 is 2.87 bits per heavy atom. The van der Waals surface area contributed by atoms with Crippen LogP contribution in [0.5, 0.6) is 0 Å². The number of benzene rings is 1. The predicted molar refractivity (Wildman–Crippen MR) is 73.6 cm³/mol. The van der Waals surface area contributed by atoms with Crippen molar-refractivity contribution in [3.8, 4) is 0 Å². The van der Waals surface area contributed by atoms with Crippen LogP contribution in [0.15, 0.2) is 29.3 Å². The molecule has 0 amide bonds. The molecule has 80 valence electrons. The Labute approximate surface area is 104 Å². The number of hydrogen-bond donors (Lipinski definition) is 1. The Kier molecular flexibility index (Phi) is 4.00. The highest BCUT2D eigenvalue weighted by Crippen LogP contribution is 2.18. The highest BCUT2D eigenvalue weighted by Gasteiger charge is 2.05. The largest absolute Gasteiger partial charge is 0.343 e. The summed E-state index contributed by atoms with van der Waals surface area (Å²) in [5, 5.41) is 3.43. The van der Waals surface area contributed by atoms with Gasteiger partial charge in [-0.3, -0.25) is 4.99 Å². The van der Waals surface area contributed by atoms with Gasteiger partial charge in [-0.25, -0.2) is 0 Å². The van der Waals surface area contributed by atoms with Crippen molar-refractivity contribution in [1.29, 1.82) is 0 Å². The van der Waals surface area contributed by atoms with Crippen LogP contribution < -0.4 is 5.32 Å². The van der Waals surface area contributed by atoms with Crippen molar-refractivity contribution < 1.29 is 0 Å². The molecule has 0 spiro atoms. The molecule has 0 fully saturated rings. The average molecular weight is 314 g/mol. The first kappa shape index (κ1) is 10.9. The van der Waals surface area contributed by atoms with Crippen LogP contribution in [0, 0.1) is 3.57 Å². The lowest BCUT2D eigenvalue weighted by molar-refractivity contribution is 0.731. The van der Waals surface area contributed by atoms with Crippen LogP contribution in [0.1, 0.15) is 25.7 Å². The van der Waals surface area contributed by atoms with Gasteiger partial charge < -0.3 is 5.32 Å². The van der Waals surface area contributed by atoms with Gasteiger partial charge in [-0.1, -0.05) is 18.6 Å². The molecule has 0 radical (unpaired) electrons. The third kappa shape index (κ3) is 3.19. The molecule has 0 saturated carbocycles. The Morgan fingerprint density at radius 1 is 1.13 bits per heavy atom. The summed E-state index contributed by atoms with van der Waals surface area (Å²) >= 11 is 2.35. The lowest BCUT2D eigenvalue weighted by Gasteiger charge is -2.09. The van der Waals surface area contributed by atoms with E-state index in [9.17, 15) is 0 Å². The summed E-state index contributed by atoms with van der Waals surface area (Å²) in [5.74, 6) is 1.15. The van der Waals surface area contributed by atoms with Crippen molar-refractivity contribution in [1.82, 2.24) is 0 Å². The summed E-state index contributed by atoms with van der Waals surface area (Å²) in [6.07, 6.45) is 4.89. The van der Waals surface area contributed by atoms with Gasteiger partial charge >= 0.3 is 0 Å². The second-order valence-electron chi connectivity index (χ2n) is 3.74. The fourth-order valence-corrected chi connectivity index (χ4v) is 2.22. The Balaban J connectivity index is 2.07. The Bertz CT molecular complexity index is 360. The molecule has 1 aromatic carbocycles. The molecule has 0 aliphatic carbocycles. The third-order valence-corrected chi connectivity index (χ3v) is 3.47. The third-order valence-electron chi connectivity index (χ3n) is 2.53. The molecule has 0 atom stereocenters. The summed E-state index contributed by atoms with van der Waals surface area (Å²) in [6.45, 7) is 0.978.